The molecule has 0 saturated heterocycles. The van der Waals surface area contributed by atoms with Crippen LogP contribution in [-0.2, 0) is 28.4 Å². The average molecular weight is 791 g/mol. The van der Waals surface area contributed by atoms with Gasteiger partial charge >= 0.3 is 17.9 Å². The normalized spacial score (nSPS) is 12.1. The Morgan fingerprint density at radius 1 is 0.982 bits per heavy atom. The number of hydrogen-bond donors (Lipinski definition) is 1. The Kier molecular flexibility index (Phi) is 11.3. The molecule has 0 radical (unpaired) electrons. The van der Waals surface area contributed by atoms with Crippen molar-refractivity contribution in [2.45, 2.75) is 43.9 Å². The highest BCUT2D eigenvalue weighted by atomic mass is 32.2. The summed E-state index contributed by atoms with van der Waals surface area (Å²) in [7, 11) is 1.72. The van der Waals surface area contributed by atoms with Crippen LogP contribution in [0.25, 0.3) is 27.6 Å². The Hall–Kier alpha value is -6.29. The number of nitrogens with one attached hydrogen (secondary N) is 1. The van der Waals surface area contributed by atoms with Crippen molar-refractivity contribution < 1.29 is 39.8 Å². The second-order valence-corrected chi connectivity index (χ2v) is 15.5. The quantitative estimate of drug-likeness (QED) is 0.102. The van der Waals surface area contributed by atoms with Gasteiger partial charge < -0.3 is 18.8 Å². The molecule has 3 heterocycles. The summed E-state index contributed by atoms with van der Waals surface area (Å²) in [4.78, 5) is 35.8. The number of halogens is 3. The Morgan fingerprint density at radius 2 is 1.64 bits per heavy atom. The number of benzene rings is 3. The molecule has 56 heavy (non-hydrogen) atoms. The standard InChI is InChI=1S/C32H31F3N8O3.C6H6O3S/c1-20-27(26-15-16-38-42(26)23-13-11-22(36-4)12-14-23)41(30(45)40(20)24-10-8-9-21(17-24)32(33,34)35)29(44)39-31(2,3)28-37-18-25(46-28)19-43(5,6)7;7-10(8,9)6-4-2-1-3-5-6/h8-18H,19H2,1-3,5-7H3;1-5H,(H,7,8,9). The molecule has 3 aromatic heterocycles. The van der Waals surface area contributed by atoms with Crippen LogP contribution in [0.15, 0.2) is 111 Å². The number of rotatable bonds is 8. The molecule has 1 N–H and O–H groups in total. The highest BCUT2D eigenvalue weighted by Crippen LogP contribution is 2.32. The van der Waals surface area contributed by atoms with E-state index in [0.717, 1.165) is 21.3 Å². The number of imidazole rings is 1. The van der Waals surface area contributed by atoms with Crippen LogP contribution in [0.1, 0.15) is 36.8 Å². The summed E-state index contributed by atoms with van der Waals surface area (Å²) < 4.78 is 81.7. The summed E-state index contributed by atoms with van der Waals surface area (Å²) in [6.45, 7) is 12.6. The molecule has 0 aliphatic heterocycles. The maximum absolute atomic E-state index is 14.1. The number of carbonyl (C=O) groups is 1. The summed E-state index contributed by atoms with van der Waals surface area (Å²) in [5.74, 6) is 0.806. The number of carbonyl (C=O) groups excluding carboxylic acids is 1. The van der Waals surface area contributed by atoms with Crippen molar-refractivity contribution in [3.8, 4) is 22.8 Å². The molecule has 0 fully saturated rings. The van der Waals surface area contributed by atoms with Crippen molar-refractivity contribution >= 4 is 21.8 Å². The summed E-state index contributed by atoms with van der Waals surface area (Å²) in [6, 6.07) is 18.7. The molecule has 0 bridgehead atoms. The van der Waals surface area contributed by atoms with Gasteiger partial charge in [-0.1, -0.05) is 36.4 Å². The highest BCUT2D eigenvalue weighted by molar-refractivity contribution is 7.85. The van der Waals surface area contributed by atoms with Gasteiger partial charge in [-0.3, -0.25) is 4.57 Å². The molecule has 0 atom stereocenters. The zero-order valence-corrected chi connectivity index (χ0v) is 31.9. The fraction of sp³-hybridized carbons (Fsp3) is 0.237. The molecule has 0 saturated carbocycles. The molecule has 1 amide bonds. The maximum Gasteiger partial charge on any atom is 0.416 e. The van der Waals surface area contributed by atoms with Crippen LogP contribution in [0.4, 0.5) is 23.7 Å². The van der Waals surface area contributed by atoms with Crippen LogP contribution in [0.5, 0.6) is 0 Å². The van der Waals surface area contributed by atoms with Gasteiger partial charge in [0.05, 0.1) is 73.3 Å². The van der Waals surface area contributed by atoms with E-state index in [9.17, 15) is 35.7 Å². The summed E-state index contributed by atoms with van der Waals surface area (Å²) >= 11 is 0. The number of amides is 1. The lowest BCUT2D eigenvalue weighted by Crippen LogP contribution is -2.46. The van der Waals surface area contributed by atoms with Crippen LogP contribution in [-0.4, -0.2) is 68.5 Å². The SMILES string of the molecule is O=S(=O)([O-])c1ccccc1.[C-]#[N+]c1ccc(-n2nccc2-c2c(C)n(-c3cccc(C(F)(F)F)c3)c(=O)n2C(=O)NC(C)(C)c2ncc(C[N+](C)(C)C)o2)cc1. The van der Waals surface area contributed by atoms with E-state index < -0.39 is 39.1 Å². The molecule has 3 aromatic carbocycles. The van der Waals surface area contributed by atoms with Gasteiger partial charge in [-0.05, 0) is 69.3 Å². The molecular formula is C38H37F3N8O6S. The van der Waals surface area contributed by atoms with Crippen LogP contribution < -0.4 is 11.0 Å². The van der Waals surface area contributed by atoms with Crippen molar-refractivity contribution in [1.82, 2.24) is 29.2 Å². The number of oxazole rings is 1. The predicted octanol–water partition coefficient (Wildman–Crippen LogP) is 6.65. The van der Waals surface area contributed by atoms with Crippen molar-refractivity contribution in [2.24, 2.45) is 0 Å². The van der Waals surface area contributed by atoms with Crippen LogP contribution in [0.2, 0.25) is 0 Å². The van der Waals surface area contributed by atoms with E-state index in [1.165, 1.54) is 54.2 Å². The summed E-state index contributed by atoms with van der Waals surface area (Å²) in [6.07, 6.45) is -1.61. The molecule has 0 aliphatic rings. The van der Waals surface area contributed by atoms with E-state index >= 15 is 0 Å². The van der Waals surface area contributed by atoms with E-state index in [4.69, 9.17) is 11.0 Å². The fourth-order valence-corrected chi connectivity index (χ4v) is 6.17. The molecule has 0 spiro atoms. The third-order valence-electron chi connectivity index (χ3n) is 8.20. The molecule has 6 aromatic rings. The van der Waals surface area contributed by atoms with Gasteiger partial charge in [0.2, 0.25) is 5.89 Å². The number of quaternary nitrogens is 1. The van der Waals surface area contributed by atoms with Crippen molar-refractivity contribution in [3.63, 3.8) is 0 Å². The Morgan fingerprint density at radius 3 is 2.21 bits per heavy atom. The molecule has 0 aliphatic carbocycles. The minimum atomic E-state index is -4.66. The van der Waals surface area contributed by atoms with E-state index in [2.05, 4.69) is 20.2 Å². The Labute approximate surface area is 320 Å². The molecular weight excluding hydrogens is 754 g/mol. The third-order valence-corrected chi connectivity index (χ3v) is 9.05. The zero-order chi connectivity index (χ0) is 41.2. The maximum atomic E-state index is 14.1. The first-order valence-corrected chi connectivity index (χ1v) is 18.1. The van der Waals surface area contributed by atoms with Gasteiger partial charge in [0, 0.05) is 0 Å². The number of hydrogen-bond acceptors (Lipinski definition) is 8. The largest absolute Gasteiger partial charge is 0.744 e. The summed E-state index contributed by atoms with van der Waals surface area (Å²) in [5, 5.41) is 7.20. The molecule has 292 valence electrons. The first-order chi connectivity index (χ1) is 26.1. The van der Waals surface area contributed by atoms with Crippen LogP contribution in [0, 0.1) is 13.5 Å². The average Bonchev–Trinajstić information content (AvgIpc) is 3.85. The Balaban J connectivity index is 0.000000522. The van der Waals surface area contributed by atoms with Gasteiger partial charge in [0.1, 0.15) is 27.9 Å². The summed E-state index contributed by atoms with van der Waals surface area (Å²) in [5.41, 5.74) is -1.58. The van der Waals surface area contributed by atoms with Gasteiger partial charge in [-0.15, -0.1) is 0 Å². The Bertz CT molecular complexity index is 2580. The second kappa shape index (κ2) is 15.5. The van der Waals surface area contributed by atoms with Crippen LogP contribution in [0.3, 0.4) is 0 Å². The van der Waals surface area contributed by atoms with Crippen LogP contribution >= 0.6 is 0 Å². The lowest BCUT2D eigenvalue weighted by Gasteiger charge is -2.24. The first-order valence-electron chi connectivity index (χ1n) is 16.7. The van der Waals surface area contributed by atoms with Gasteiger partial charge in [-0.2, -0.15) is 18.3 Å². The lowest BCUT2D eigenvalue weighted by atomic mass is 10.1. The first kappa shape index (κ1) is 40.9. The molecule has 0 unspecified atom stereocenters. The third kappa shape index (κ3) is 9.14. The highest BCUT2D eigenvalue weighted by Gasteiger charge is 2.35. The van der Waals surface area contributed by atoms with E-state index in [1.54, 1.807) is 56.4 Å². The molecule has 14 nitrogen and oxygen atoms in total. The predicted molar refractivity (Wildman–Crippen MR) is 198 cm³/mol. The van der Waals surface area contributed by atoms with Gasteiger partial charge in [0.25, 0.3) is 0 Å². The van der Waals surface area contributed by atoms with Crippen molar-refractivity contribution in [3.05, 3.63) is 142 Å². The minimum Gasteiger partial charge on any atom is -0.744 e. The number of nitrogens with zero attached hydrogens (tertiary/aromatic N) is 7. The van der Waals surface area contributed by atoms with Crippen molar-refractivity contribution in [1.29, 1.82) is 0 Å². The van der Waals surface area contributed by atoms with E-state index in [1.807, 2.05) is 21.1 Å². The fourth-order valence-electron chi connectivity index (χ4n) is 5.68. The number of alkyl halides is 3. The molecule has 18 heteroatoms. The second-order valence-electron chi connectivity index (χ2n) is 14.1. The zero-order valence-electron chi connectivity index (χ0n) is 31.1. The molecule has 6 rings (SSSR count). The van der Waals surface area contributed by atoms with E-state index in [0.29, 0.717) is 33.9 Å². The minimum absolute atomic E-state index is 0.0745. The van der Waals surface area contributed by atoms with Gasteiger partial charge in [-0.25, -0.2) is 37.1 Å². The number of aromatic nitrogens is 5. The van der Waals surface area contributed by atoms with Gasteiger partial charge in [0.15, 0.2) is 11.4 Å². The lowest BCUT2D eigenvalue weighted by molar-refractivity contribution is -0.884. The topological polar surface area (TPSA) is 161 Å². The monoisotopic (exact) mass is 790 g/mol. The van der Waals surface area contributed by atoms with E-state index in [-0.39, 0.29) is 27.9 Å². The van der Waals surface area contributed by atoms with Crippen molar-refractivity contribution in [2.75, 3.05) is 21.1 Å². The smallest absolute Gasteiger partial charge is 0.416 e.